The highest BCUT2D eigenvalue weighted by Crippen LogP contribution is 2.30. The molecule has 0 radical (unpaired) electrons. The van der Waals surface area contributed by atoms with Crippen LogP contribution in [0.4, 0.5) is 0 Å². The Balaban J connectivity index is 3.13. The molecule has 15 heavy (non-hydrogen) atoms. The highest BCUT2D eigenvalue weighted by molar-refractivity contribution is 7.78. The molecule has 0 heterocycles. The van der Waals surface area contributed by atoms with Gasteiger partial charge in [0.15, 0.2) is 6.10 Å². The molecule has 82 valence electrons. The van der Waals surface area contributed by atoms with Gasteiger partial charge in [-0.25, -0.2) is 0 Å². The second kappa shape index (κ2) is 5.19. The molecule has 2 atom stereocenters. The van der Waals surface area contributed by atoms with E-state index >= 15 is 0 Å². The van der Waals surface area contributed by atoms with Crippen LogP contribution < -0.4 is 0 Å². The number of rotatable bonds is 4. The van der Waals surface area contributed by atoms with Crippen molar-refractivity contribution in [1.29, 1.82) is 0 Å². The van der Waals surface area contributed by atoms with Crippen molar-refractivity contribution in [3.05, 3.63) is 24.0 Å². The van der Waals surface area contributed by atoms with Crippen molar-refractivity contribution >= 4 is 17.4 Å². The number of isothiocyanates is 1. The molecule has 0 aliphatic heterocycles. The third kappa shape index (κ3) is 2.16. The molecule has 0 aromatic carbocycles. The van der Waals surface area contributed by atoms with Gasteiger partial charge in [-0.1, -0.05) is 6.08 Å². The van der Waals surface area contributed by atoms with Crippen LogP contribution in [-0.2, 0) is 14.2 Å². The summed E-state index contributed by atoms with van der Waals surface area (Å²) in [6, 6.07) is 0. The van der Waals surface area contributed by atoms with Gasteiger partial charge in [-0.15, -0.1) is 0 Å². The van der Waals surface area contributed by atoms with Gasteiger partial charge < -0.3 is 14.2 Å². The summed E-state index contributed by atoms with van der Waals surface area (Å²) < 4.78 is 15.8. The molecular weight excluding hydrogens is 214 g/mol. The quantitative estimate of drug-likeness (QED) is 0.539. The lowest BCUT2D eigenvalue weighted by Gasteiger charge is -2.34. The van der Waals surface area contributed by atoms with Crippen molar-refractivity contribution in [3.63, 3.8) is 0 Å². The Morgan fingerprint density at radius 3 is 2.67 bits per heavy atom. The predicted molar refractivity (Wildman–Crippen MR) is 59.8 cm³/mol. The summed E-state index contributed by atoms with van der Waals surface area (Å²) in [4.78, 5) is 3.99. The molecule has 0 N–H and O–H groups in total. The van der Waals surface area contributed by atoms with Crippen LogP contribution in [0.15, 0.2) is 29.0 Å². The van der Waals surface area contributed by atoms with Gasteiger partial charge in [0.1, 0.15) is 5.76 Å². The fourth-order valence-electron chi connectivity index (χ4n) is 1.51. The van der Waals surface area contributed by atoms with E-state index in [4.69, 9.17) is 14.2 Å². The lowest BCUT2D eigenvalue weighted by molar-refractivity contribution is -0.0832. The number of allylic oxidation sites excluding steroid dienone is 2. The topological polar surface area (TPSA) is 40.0 Å². The Kier molecular flexibility index (Phi) is 4.17. The lowest BCUT2D eigenvalue weighted by Crippen LogP contribution is -2.44. The third-order valence-electron chi connectivity index (χ3n) is 2.25. The van der Waals surface area contributed by atoms with E-state index < -0.39 is 11.8 Å². The molecule has 0 saturated heterocycles. The van der Waals surface area contributed by atoms with Crippen molar-refractivity contribution < 1.29 is 14.2 Å². The first kappa shape index (κ1) is 12.1. The summed E-state index contributed by atoms with van der Waals surface area (Å²) in [7, 11) is 4.66. The van der Waals surface area contributed by atoms with E-state index in [1.54, 1.807) is 32.4 Å². The number of ether oxygens (including phenoxy) is 3. The Morgan fingerprint density at radius 1 is 1.47 bits per heavy atom. The van der Waals surface area contributed by atoms with Gasteiger partial charge in [-0.05, 0) is 24.4 Å². The van der Waals surface area contributed by atoms with Crippen molar-refractivity contribution in [3.8, 4) is 0 Å². The minimum atomic E-state index is -0.976. The largest absolute Gasteiger partial charge is 0.498 e. The van der Waals surface area contributed by atoms with Gasteiger partial charge in [0, 0.05) is 14.2 Å². The predicted octanol–water partition coefficient (Wildman–Crippen LogP) is 1.55. The van der Waals surface area contributed by atoms with Gasteiger partial charge in [0.2, 0.25) is 5.72 Å². The minimum absolute atomic E-state index is 0.451. The Labute approximate surface area is 94.2 Å². The number of thiocarbonyl (C=S) groups is 1. The van der Waals surface area contributed by atoms with Gasteiger partial charge in [-0.2, -0.15) is 4.99 Å². The molecule has 1 aliphatic rings. The number of aliphatic imine (C=N–C) groups is 1. The molecule has 1 rings (SSSR count). The minimum Gasteiger partial charge on any atom is -0.498 e. The molecule has 2 unspecified atom stereocenters. The maximum absolute atomic E-state index is 5.33. The zero-order valence-corrected chi connectivity index (χ0v) is 9.71. The zero-order chi connectivity index (χ0) is 11.3. The lowest BCUT2D eigenvalue weighted by atomic mass is 9.99. The monoisotopic (exact) mass is 227 g/mol. The molecule has 1 aliphatic carbocycles. The summed E-state index contributed by atoms with van der Waals surface area (Å²) in [6.45, 7) is 0. The van der Waals surface area contributed by atoms with Gasteiger partial charge in [0.05, 0.1) is 12.3 Å². The van der Waals surface area contributed by atoms with E-state index in [0.29, 0.717) is 5.76 Å². The molecule has 0 bridgehead atoms. The SMILES string of the molecule is COC1=CC=CC(N=C=S)(OC)C1OC. The first-order chi connectivity index (χ1) is 7.24. The van der Waals surface area contributed by atoms with E-state index in [1.807, 2.05) is 0 Å². The average Bonchev–Trinajstić information content (AvgIpc) is 2.28. The smallest absolute Gasteiger partial charge is 0.221 e. The highest BCUT2D eigenvalue weighted by atomic mass is 32.1. The second-order valence-corrected chi connectivity index (χ2v) is 3.09. The molecule has 5 heteroatoms. The summed E-state index contributed by atoms with van der Waals surface area (Å²) in [5, 5.41) is 2.31. The molecule has 0 saturated carbocycles. The first-order valence-corrected chi connectivity index (χ1v) is 4.75. The van der Waals surface area contributed by atoms with Crippen molar-refractivity contribution in [2.24, 2.45) is 4.99 Å². The molecule has 0 aromatic heterocycles. The number of nitrogens with zero attached hydrogens (tertiary/aromatic N) is 1. The van der Waals surface area contributed by atoms with Gasteiger partial charge in [-0.3, -0.25) is 0 Å². The molecule has 0 aromatic rings. The molecule has 4 nitrogen and oxygen atoms in total. The van der Waals surface area contributed by atoms with Crippen LogP contribution in [0.25, 0.3) is 0 Å². The van der Waals surface area contributed by atoms with Crippen molar-refractivity contribution in [2.75, 3.05) is 21.3 Å². The Hall–Kier alpha value is -1.00. The summed E-state index contributed by atoms with van der Waals surface area (Å²) in [5.41, 5.74) is -0.976. The van der Waals surface area contributed by atoms with E-state index in [-0.39, 0.29) is 0 Å². The fourth-order valence-corrected chi connectivity index (χ4v) is 1.65. The van der Waals surface area contributed by atoms with Crippen LogP contribution in [0.5, 0.6) is 0 Å². The number of hydrogen-bond acceptors (Lipinski definition) is 5. The standard InChI is InChI=1S/C10H13NO3S/c1-12-8-5-4-6-10(14-3,11-7-15)9(8)13-2/h4-6,9H,1-3H3. The number of methoxy groups -OCH3 is 3. The van der Waals surface area contributed by atoms with Crippen LogP contribution in [0.1, 0.15) is 0 Å². The van der Waals surface area contributed by atoms with Crippen LogP contribution in [0.3, 0.4) is 0 Å². The van der Waals surface area contributed by atoms with E-state index in [1.165, 1.54) is 7.11 Å². The maximum Gasteiger partial charge on any atom is 0.221 e. The van der Waals surface area contributed by atoms with Crippen LogP contribution in [0, 0.1) is 0 Å². The highest BCUT2D eigenvalue weighted by Gasteiger charge is 2.42. The second-order valence-electron chi connectivity index (χ2n) is 2.91. The first-order valence-electron chi connectivity index (χ1n) is 4.34. The van der Waals surface area contributed by atoms with Crippen LogP contribution >= 0.6 is 12.2 Å². The Morgan fingerprint density at radius 2 is 2.20 bits per heavy atom. The average molecular weight is 227 g/mol. The zero-order valence-electron chi connectivity index (χ0n) is 8.89. The van der Waals surface area contributed by atoms with Crippen molar-refractivity contribution in [2.45, 2.75) is 11.8 Å². The van der Waals surface area contributed by atoms with E-state index in [2.05, 4.69) is 22.4 Å². The molecule has 0 amide bonds. The molecular formula is C10H13NO3S. The van der Waals surface area contributed by atoms with Crippen LogP contribution in [-0.4, -0.2) is 38.3 Å². The van der Waals surface area contributed by atoms with E-state index in [9.17, 15) is 0 Å². The summed E-state index contributed by atoms with van der Waals surface area (Å²) in [5.74, 6) is 0.635. The normalized spacial score (nSPS) is 29.3. The summed E-state index contributed by atoms with van der Waals surface area (Å²) in [6.07, 6.45) is 4.88. The number of hydrogen-bond donors (Lipinski definition) is 0. The Bertz CT molecular complexity index is 334. The van der Waals surface area contributed by atoms with Crippen molar-refractivity contribution in [1.82, 2.24) is 0 Å². The molecule has 0 spiro atoms. The van der Waals surface area contributed by atoms with E-state index in [0.717, 1.165) is 0 Å². The molecule has 0 fully saturated rings. The van der Waals surface area contributed by atoms with Crippen LogP contribution in [0.2, 0.25) is 0 Å². The van der Waals surface area contributed by atoms with Gasteiger partial charge >= 0.3 is 0 Å². The summed E-state index contributed by atoms with van der Waals surface area (Å²) >= 11 is 4.60. The van der Waals surface area contributed by atoms with Gasteiger partial charge in [0.25, 0.3) is 0 Å². The fraction of sp³-hybridized carbons (Fsp3) is 0.500. The maximum atomic E-state index is 5.33. The third-order valence-corrected chi connectivity index (χ3v) is 2.34.